The number of aliphatic hydroxyl groups excluding tert-OH is 1. The molecule has 1 N–H and O–H groups in total. The van der Waals surface area contributed by atoms with Gasteiger partial charge in [-0.15, -0.1) is 0 Å². The summed E-state index contributed by atoms with van der Waals surface area (Å²) < 4.78 is 0. The van der Waals surface area contributed by atoms with E-state index in [1.807, 2.05) is 61.5 Å². The minimum absolute atomic E-state index is 0.195. The van der Waals surface area contributed by atoms with Crippen molar-refractivity contribution in [3.63, 3.8) is 0 Å². The molecule has 0 radical (unpaired) electrons. The fourth-order valence-corrected chi connectivity index (χ4v) is 2.61. The van der Waals surface area contributed by atoms with Crippen LogP contribution >= 0.6 is 0 Å². The van der Waals surface area contributed by atoms with Gasteiger partial charge in [0.05, 0.1) is 6.04 Å². The molecule has 20 heavy (non-hydrogen) atoms. The van der Waals surface area contributed by atoms with Crippen molar-refractivity contribution in [2.45, 2.75) is 25.6 Å². The summed E-state index contributed by atoms with van der Waals surface area (Å²) in [6, 6.07) is 17.6. The lowest BCUT2D eigenvalue weighted by molar-refractivity contribution is -0.168. The summed E-state index contributed by atoms with van der Waals surface area (Å²) in [6.45, 7) is 2.56. The quantitative estimate of drug-likeness (QED) is 0.868. The Labute approximate surface area is 118 Å². The largest absolute Gasteiger partial charge is 0.381 e. The molecule has 102 valence electrons. The number of rotatable bonds is 3. The van der Waals surface area contributed by atoms with Gasteiger partial charge in [0, 0.05) is 6.54 Å². The molecule has 1 aliphatic heterocycles. The molecular weight excluding hydrogens is 250 g/mol. The first kappa shape index (κ1) is 12.9. The van der Waals surface area contributed by atoms with Gasteiger partial charge in [0.1, 0.15) is 0 Å². The van der Waals surface area contributed by atoms with Crippen molar-refractivity contribution in [1.29, 1.82) is 0 Å². The van der Waals surface area contributed by atoms with Crippen LogP contribution in [0.3, 0.4) is 0 Å². The van der Waals surface area contributed by atoms with Crippen LogP contribution in [0.25, 0.3) is 0 Å². The highest BCUT2D eigenvalue weighted by atomic mass is 16.3. The van der Waals surface area contributed by atoms with Crippen LogP contribution in [0.4, 0.5) is 0 Å². The minimum atomic E-state index is -0.915. The summed E-state index contributed by atoms with van der Waals surface area (Å²) in [5.74, 6) is -0.195. The van der Waals surface area contributed by atoms with Gasteiger partial charge in [0.2, 0.25) is 0 Å². The van der Waals surface area contributed by atoms with E-state index in [4.69, 9.17) is 0 Å². The zero-order valence-electron chi connectivity index (χ0n) is 11.4. The number of likely N-dealkylation sites (tertiary alicyclic amines) is 1. The molecule has 1 aliphatic rings. The van der Waals surface area contributed by atoms with Gasteiger partial charge in [-0.1, -0.05) is 60.2 Å². The van der Waals surface area contributed by atoms with Crippen molar-refractivity contribution in [2.75, 3.05) is 0 Å². The number of carbonyl (C=O) groups is 1. The second-order valence-electron chi connectivity index (χ2n) is 5.25. The molecule has 3 nitrogen and oxygen atoms in total. The Hall–Kier alpha value is -2.13. The third kappa shape index (κ3) is 2.21. The van der Waals surface area contributed by atoms with Gasteiger partial charge in [0.15, 0.2) is 6.10 Å². The molecule has 2 aromatic carbocycles. The van der Waals surface area contributed by atoms with Gasteiger partial charge in [-0.25, -0.2) is 0 Å². The van der Waals surface area contributed by atoms with Crippen LogP contribution in [0.2, 0.25) is 0 Å². The van der Waals surface area contributed by atoms with Crippen molar-refractivity contribution in [3.8, 4) is 0 Å². The third-order valence-corrected chi connectivity index (χ3v) is 3.79. The number of amides is 1. The van der Waals surface area contributed by atoms with Crippen molar-refractivity contribution in [3.05, 3.63) is 71.3 Å². The minimum Gasteiger partial charge on any atom is -0.381 e. The topological polar surface area (TPSA) is 40.5 Å². The monoisotopic (exact) mass is 267 g/mol. The van der Waals surface area contributed by atoms with E-state index >= 15 is 0 Å². The summed E-state index contributed by atoms with van der Waals surface area (Å²) in [6.07, 6.45) is -0.915. The molecule has 0 aromatic heterocycles. The van der Waals surface area contributed by atoms with Gasteiger partial charge in [-0.05, 0) is 18.1 Å². The van der Waals surface area contributed by atoms with Gasteiger partial charge < -0.3 is 10.0 Å². The van der Waals surface area contributed by atoms with E-state index in [1.165, 1.54) is 5.56 Å². The molecule has 1 amide bonds. The second kappa shape index (κ2) is 5.10. The predicted molar refractivity (Wildman–Crippen MR) is 76.9 cm³/mol. The van der Waals surface area contributed by atoms with Gasteiger partial charge >= 0.3 is 0 Å². The average Bonchev–Trinajstić information content (AvgIpc) is 2.49. The number of aryl methyl sites for hydroxylation is 1. The molecule has 0 bridgehead atoms. The van der Waals surface area contributed by atoms with E-state index in [0.29, 0.717) is 6.54 Å². The smallest absolute Gasteiger partial charge is 0.254 e. The Kier molecular flexibility index (Phi) is 3.28. The molecule has 3 rings (SSSR count). The van der Waals surface area contributed by atoms with Crippen molar-refractivity contribution < 1.29 is 9.90 Å². The Morgan fingerprint density at radius 3 is 2.35 bits per heavy atom. The Bertz CT molecular complexity index is 607. The maximum absolute atomic E-state index is 11.9. The summed E-state index contributed by atoms with van der Waals surface area (Å²) >= 11 is 0. The molecular formula is C17H17NO2. The normalized spacial score (nSPS) is 21.7. The number of nitrogens with zero attached hydrogens (tertiary/aromatic N) is 1. The van der Waals surface area contributed by atoms with E-state index in [1.54, 1.807) is 4.90 Å². The van der Waals surface area contributed by atoms with E-state index in [-0.39, 0.29) is 11.9 Å². The summed E-state index contributed by atoms with van der Waals surface area (Å²) in [4.78, 5) is 13.6. The Balaban J connectivity index is 1.82. The number of carbonyl (C=O) groups excluding carboxylic acids is 1. The zero-order valence-corrected chi connectivity index (χ0v) is 11.4. The number of β-lactam (4-membered cyclic amide) rings is 1. The van der Waals surface area contributed by atoms with Crippen LogP contribution in [-0.4, -0.2) is 22.0 Å². The number of hydrogen-bond acceptors (Lipinski definition) is 2. The highest BCUT2D eigenvalue weighted by Gasteiger charge is 2.46. The molecule has 2 atom stereocenters. The van der Waals surface area contributed by atoms with E-state index < -0.39 is 6.10 Å². The van der Waals surface area contributed by atoms with Crippen molar-refractivity contribution in [1.82, 2.24) is 4.90 Å². The molecule has 0 spiro atoms. The fourth-order valence-electron chi connectivity index (χ4n) is 2.61. The van der Waals surface area contributed by atoms with E-state index in [2.05, 4.69) is 0 Å². The SMILES string of the molecule is Cc1ccc([C@@H]2[C@@H](O)C(=O)N2Cc2ccccc2)cc1. The molecule has 0 aliphatic carbocycles. The first-order valence-electron chi connectivity index (χ1n) is 6.76. The third-order valence-electron chi connectivity index (χ3n) is 3.79. The van der Waals surface area contributed by atoms with Crippen LogP contribution in [-0.2, 0) is 11.3 Å². The number of benzene rings is 2. The van der Waals surface area contributed by atoms with E-state index in [0.717, 1.165) is 11.1 Å². The average molecular weight is 267 g/mol. The van der Waals surface area contributed by atoms with Gasteiger partial charge in [-0.2, -0.15) is 0 Å². The molecule has 1 saturated heterocycles. The van der Waals surface area contributed by atoms with Crippen molar-refractivity contribution >= 4 is 5.91 Å². The molecule has 0 unspecified atom stereocenters. The zero-order chi connectivity index (χ0) is 14.1. The Morgan fingerprint density at radius 1 is 1.05 bits per heavy atom. The molecule has 3 heteroatoms. The summed E-state index contributed by atoms with van der Waals surface area (Å²) in [5, 5.41) is 9.96. The lowest BCUT2D eigenvalue weighted by atomic mass is 9.90. The predicted octanol–water partition coefficient (Wildman–Crippen LogP) is 2.44. The standard InChI is InChI=1S/C17H17NO2/c1-12-7-9-14(10-8-12)15-16(19)17(20)18(15)11-13-5-3-2-4-6-13/h2-10,15-16,19H,11H2,1H3/t15-,16-/m1/s1. The van der Waals surface area contributed by atoms with Crippen LogP contribution in [0, 0.1) is 6.92 Å². The molecule has 0 saturated carbocycles. The highest BCUT2D eigenvalue weighted by molar-refractivity contribution is 5.88. The fraction of sp³-hybridized carbons (Fsp3) is 0.235. The molecule has 1 fully saturated rings. The first-order chi connectivity index (χ1) is 9.66. The van der Waals surface area contributed by atoms with Crippen LogP contribution in [0.5, 0.6) is 0 Å². The Morgan fingerprint density at radius 2 is 1.70 bits per heavy atom. The van der Waals surface area contributed by atoms with Crippen LogP contribution in [0.15, 0.2) is 54.6 Å². The first-order valence-corrected chi connectivity index (χ1v) is 6.76. The lowest BCUT2D eigenvalue weighted by Crippen LogP contribution is -2.58. The van der Waals surface area contributed by atoms with Gasteiger partial charge in [-0.3, -0.25) is 4.79 Å². The van der Waals surface area contributed by atoms with Crippen LogP contribution in [0.1, 0.15) is 22.7 Å². The van der Waals surface area contributed by atoms with Gasteiger partial charge in [0.25, 0.3) is 5.91 Å². The summed E-state index contributed by atoms with van der Waals surface area (Å²) in [7, 11) is 0. The molecule has 1 heterocycles. The summed E-state index contributed by atoms with van der Waals surface area (Å²) in [5.41, 5.74) is 3.23. The number of aliphatic hydroxyl groups is 1. The van der Waals surface area contributed by atoms with Crippen molar-refractivity contribution in [2.24, 2.45) is 0 Å². The molecule has 2 aromatic rings. The lowest BCUT2D eigenvalue weighted by Gasteiger charge is -2.45. The maximum Gasteiger partial charge on any atom is 0.254 e. The highest BCUT2D eigenvalue weighted by Crippen LogP contribution is 2.36. The number of hydrogen-bond donors (Lipinski definition) is 1. The maximum atomic E-state index is 11.9. The van der Waals surface area contributed by atoms with Crippen LogP contribution < -0.4 is 0 Å². The second-order valence-corrected chi connectivity index (χ2v) is 5.25. The van der Waals surface area contributed by atoms with E-state index in [9.17, 15) is 9.90 Å².